The first kappa shape index (κ1) is 22.9. The van der Waals surface area contributed by atoms with Gasteiger partial charge >= 0.3 is 0 Å². The molecule has 0 spiro atoms. The highest BCUT2D eigenvalue weighted by Crippen LogP contribution is 2.28. The van der Waals surface area contributed by atoms with Gasteiger partial charge in [-0.2, -0.15) is 0 Å². The summed E-state index contributed by atoms with van der Waals surface area (Å²) in [7, 11) is 1.84. The molecule has 0 aromatic heterocycles. The molecule has 6 nitrogen and oxygen atoms in total. The Morgan fingerprint density at radius 1 is 1.07 bits per heavy atom. The lowest BCUT2D eigenvalue weighted by atomic mass is 10.2. The molecule has 1 aromatic rings. The molecule has 0 amide bonds. The van der Waals surface area contributed by atoms with Crippen LogP contribution in [0.25, 0.3) is 0 Å². The molecule has 0 radical (unpaired) electrons. The average Bonchev–Trinajstić information content (AvgIpc) is 3.59. The Morgan fingerprint density at radius 2 is 1.83 bits per heavy atom. The fraction of sp³-hybridized carbons (Fsp3) is 0.708. The van der Waals surface area contributed by atoms with Crippen LogP contribution < -0.4 is 15.5 Å². The number of ether oxygens (including phenoxy) is 1. The topological polar surface area (TPSA) is 52.1 Å². The van der Waals surface area contributed by atoms with E-state index in [0.717, 1.165) is 70.8 Å². The summed E-state index contributed by atoms with van der Waals surface area (Å²) in [4.78, 5) is 9.42. The van der Waals surface area contributed by atoms with E-state index in [1.165, 1.54) is 43.5 Å². The van der Waals surface area contributed by atoms with Crippen molar-refractivity contribution in [2.24, 2.45) is 10.9 Å². The molecule has 1 saturated heterocycles. The first-order valence-electron chi connectivity index (χ1n) is 11.8. The molecule has 1 aliphatic heterocycles. The number of guanidine groups is 1. The molecule has 0 unspecified atom stereocenters. The van der Waals surface area contributed by atoms with Crippen LogP contribution >= 0.6 is 0 Å². The molecule has 2 fully saturated rings. The van der Waals surface area contributed by atoms with Gasteiger partial charge in [-0.15, -0.1) is 0 Å². The van der Waals surface area contributed by atoms with Crippen LogP contribution in [0, 0.1) is 12.8 Å². The zero-order valence-electron chi connectivity index (χ0n) is 19.0. The average molecular weight is 416 g/mol. The summed E-state index contributed by atoms with van der Waals surface area (Å²) in [5.74, 6) is 1.76. The van der Waals surface area contributed by atoms with Gasteiger partial charge in [0.1, 0.15) is 0 Å². The minimum absolute atomic E-state index is 0.845. The smallest absolute Gasteiger partial charge is 0.190 e. The fourth-order valence-electron chi connectivity index (χ4n) is 3.86. The Kier molecular flexibility index (Phi) is 9.77. The van der Waals surface area contributed by atoms with Gasteiger partial charge in [0.2, 0.25) is 0 Å². The van der Waals surface area contributed by atoms with Gasteiger partial charge in [-0.3, -0.25) is 9.89 Å². The van der Waals surface area contributed by atoms with Crippen molar-refractivity contribution >= 4 is 11.6 Å². The van der Waals surface area contributed by atoms with E-state index in [2.05, 4.69) is 56.6 Å². The minimum Gasteiger partial charge on any atom is -0.381 e. The van der Waals surface area contributed by atoms with E-state index < -0.39 is 0 Å². The molecule has 3 rings (SSSR count). The number of rotatable bonds is 12. The lowest BCUT2D eigenvalue weighted by molar-refractivity contribution is 0.123. The quantitative estimate of drug-likeness (QED) is 0.312. The number of piperazine rings is 1. The highest BCUT2D eigenvalue weighted by Gasteiger charge is 2.20. The molecule has 1 aliphatic carbocycles. The summed E-state index contributed by atoms with van der Waals surface area (Å²) in [5.41, 5.74) is 2.71. The minimum atomic E-state index is 0.845. The van der Waals surface area contributed by atoms with Gasteiger partial charge in [-0.25, -0.2) is 0 Å². The van der Waals surface area contributed by atoms with E-state index >= 15 is 0 Å². The predicted molar refractivity (Wildman–Crippen MR) is 127 cm³/mol. The molecular weight excluding hydrogens is 374 g/mol. The van der Waals surface area contributed by atoms with Crippen LogP contribution in [0.4, 0.5) is 5.69 Å². The van der Waals surface area contributed by atoms with Gasteiger partial charge in [0.25, 0.3) is 0 Å². The third kappa shape index (κ3) is 8.52. The predicted octanol–water partition coefficient (Wildman–Crippen LogP) is 2.88. The zero-order valence-corrected chi connectivity index (χ0v) is 19.0. The van der Waals surface area contributed by atoms with Crippen molar-refractivity contribution in [3.05, 3.63) is 29.8 Å². The van der Waals surface area contributed by atoms with Crippen LogP contribution in [0.5, 0.6) is 0 Å². The number of anilines is 1. The number of benzene rings is 1. The van der Waals surface area contributed by atoms with Crippen LogP contribution in [0.1, 0.15) is 37.7 Å². The first-order valence-corrected chi connectivity index (χ1v) is 11.8. The Labute approximate surface area is 183 Å². The van der Waals surface area contributed by atoms with Crippen molar-refractivity contribution in [3.8, 4) is 0 Å². The van der Waals surface area contributed by atoms with Crippen molar-refractivity contribution in [3.63, 3.8) is 0 Å². The Bertz CT molecular complexity index is 638. The summed E-state index contributed by atoms with van der Waals surface area (Å²) in [6.45, 7) is 11.6. The second kappa shape index (κ2) is 12.8. The Balaban J connectivity index is 1.18. The summed E-state index contributed by atoms with van der Waals surface area (Å²) in [5, 5.41) is 6.81. The fourth-order valence-corrected chi connectivity index (χ4v) is 3.86. The first-order chi connectivity index (χ1) is 14.7. The number of nitrogens with one attached hydrogen (secondary N) is 2. The molecule has 2 N–H and O–H groups in total. The molecule has 2 aliphatic rings. The highest BCUT2D eigenvalue weighted by atomic mass is 16.5. The van der Waals surface area contributed by atoms with Gasteiger partial charge in [-0.05, 0) is 69.2 Å². The van der Waals surface area contributed by atoms with E-state index in [0.29, 0.717) is 0 Å². The van der Waals surface area contributed by atoms with Crippen molar-refractivity contribution in [1.29, 1.82) is 0 Å². The van der Waals surface area contributed by atoms with Gasteiger partial charge in [0.15, 0.2) is 5.96 Å². The molecule has 1 saturated carbocycles. The van der Waals surface area contributed by atoms with E-state index in [1.54, 1.807) is 0 Å². The molecular formula is C24H41N5O. The maximum Gasteiger partial charge on any atom is 0.190 e. The Hall–Kier alpha value is -1.79. The van der Waals surface area contributed by atoms with Crippen LogP contribution in [-0.2, 0) is 4.74 Å². The summed E-state index contributed by atoms with van der Waals surface area (Å²) in [6, 6.07) is 8.86. The Morgan fingerprint density at radius 3 is 2.53 bits per heavy atom. The van der Waals surface area contributed by atoms with E-state index in [1.807, 2.05) is 7.05 Å². The van der Waals surface area contributed by atoms with Crippen LogP contribution in [0.3, 0.4) is 0 Å². The van der Waals surface area contributed by atoms with E-state index in [4.69, 9.17) is 4.74 Å². The summed E-state index contributed by atoms with van der Waals surface area (Å²) in [6.07, 6.45) is 6.14. The van der Waals surface area contributed by atoms with Crippen molar-refractivity contribution in [2.75, 3.05) is 71.0 Å². The number of aliphatic imine (C=N–C) groups is 1. The molecule has 6 heteroatoms. The SMILES string of the molecule is CN=C(NCCCCN1CCN(c2cccc(C)c2)CC1)NCCCOCC1CC1. The third-order valence-electron chi connectivity index (χ3n) is 5.96. The number of hydrogen-bond acceptors (Lipinski definition) is 4. The molecule has 168 valence electrons. The van der Waals surface area contributed by atoms with Gasteiger partial charge in [0.05, 0.1) is 0 Å². The molecule has 0 bridgehead atoms. The molecule has 1 aromatic carbocycles. The van der Waals surface area contributed by atoms with Crippen LogP contribution in [0.2, 0.25) is 0 Å². The van der Waals surface area contributed by atoms with Gasteiger partial charge < -0.3 is 20.3 Å². The van der Waals surface area contributed by atoms with Crippen molar-refractivity contribution < 1.29 is 4.74 Å². The largest absolute Gasteiger partial charge is 0.381 e. The van der Waals surface area contributed by atoms with Crippen molar-refractivity contribution in [1.82, 2.24) is 15.5 Å². The number of nitrogens with zero attached hydrogens (tertiary/aromatic N) is 3. The van der Waals surface area contributed by atoms with Crippen molar-refractivity contribution in [2.45, 2.75) is 39.0 Å². The normalized spacial score (nSPS) is 17.9. The maximum absolute atomic E-state index is 5.67. The standard InChI is InChI=1S/C24H41N5O/c1-21-7-5-8-23(19-21)29-16-14-28(15-17-29)13-4-3-11-26-24(25-2)27-12-6-18-30-20-22-9-10-22/h5,7-8,19,22H,3-4,6,9-18,20H2,1-2H3,(H2,25,26,27). The molecule has 1 heterocycles. The number of hydrogen-bond donors (Lipinski definition) is 2. The molecule has 0 atom stereocenters. The number of aryl methyl sites for hydroxylation is 1. The third-order valence-corrected chi connectivity index (χ3v) is 5.96. The number of unbranched alkanes of at least 4 members (excludes halogenated alkanes) is 1. The van der Waals surface area contributed by atoms with Crippen LogP contribution in [-0.4, -0.2) is 76.9 Å². The summed E-state index contributed by atoms with van der Waals surface area (Å²) < 4.78 is 5.67. The zero-order chi connectivity index (χ0) is 21.0. The monoisotopic (exact) mass is 415 g/mol. The highest BCUT2D eigenvalue weighted by molar-refractivity contribution is 5.79. The lowest BCUT2D eigenvalue weighted by Crippen LogP contribution is -2.46. The van der Waals surface area contributed by atoms with Gasteiger partial charge in [-0.1, -0.05) is 12.1 Å². The van der Waals surface area contributed by atoms with E-state index in [9.17, 15) is 0 Å². The lowest BCUT2D eigenvalue weighted by Gasteiger charge is -2.36. The summed E-state index contributed by atoms with van der Waals surface area (Å²) >= 11 is 0. The van der Waals surface area contributed by atoms with Crippen LogP contribution in [0.15, 0.2) is 29.3 Å². The maximum atomic E-state index is 5.67. The van der Waals surface area contributed by atoms with E-state index in [-0.39, 0.29) is 0 Å². The van der Waals surface area contributed by atoms with Gasteiger partial charge in [0, 0.05) is 65.2 Å². The second-order valence-corrected chi connectivity index (χ2v) is 8.67. The second-order valence-electron chi connectivity index (χ2n) is 8.67. The molecule has 30 heavy (non-hydrogen) atoms.